The lowest BCUT2D eigenvalue weighted by Crippen LogP contribution is -2.58. The minimum atomic E-state index is -0.195. The minimum absolute atomic E-state index is 0. The zero-order valence-electron chi connectivity index (χ0n) is 14.3. The first-order valence-electron chi connectivity index (χ1n) is 8.42. The van der Waals surface area contributed by atoms with Crippen molar-refractivity contribution in [3.63, 3.8) is 0 Å². The Kier molecular flexibility index (Phi) is 6.24. The van der Waals surface area contributed by atoms with E-state index in [0.717, 1.165) is 18.7 Å². The summed E-state index contributed by atoms with van der Waals surface area (Å²) in [6.45, 7) is 6.87. The van der Waals surface area contributed by atoms with Gasteiger partial charge in [-0.1, -0.05) is 30.3 Å². The van der Waals surface area contributed by atoms with E-state index in [9.17, 15) is 9.59 Å². The number of rotatable bonds is 3. The van der Waals surface area contributed by atoms with E-state index in [2.05, 4.69) is 19.2 Å². The molecule has 0 spiro atoms. The molecule has 1 N–H and O–H groups in total. The SMILES string of the molecule is CC1NCCN(C(=O)C2CC(=O)N(Cc3ccccc3)C2)C1C.Cl. The molecule has 2 aliphatic heterocycles. The van der Waals surface area contributed by atoms with Gasteiger partial charge in [-0.05, 0) is 19.4 Å². The first-order valence-corrected chi connectivity index (χ1v) is 8.42. The summed E-state index contributed by atoms with van der Waals surface area (Å²) in [6, 6.07) is 10.4. The van der Waals surface area contributed by atoms with E-state index in [1.54, 1.807) is 0 Å². The first kappa shape index (κ1) is 18.7. The van der Waals surface area contributed by atoms with Gasteiger partial charge in [0.25, 0.3) is 0 Å². The van der Waals surface area contributed by atoms with Crippen molar-refractivity contribution in [2.45, 2.75) is 38.9 Å². The summed E-state index contributed by atoms with van der Waals surface area (Å²) in [5.74, 6) is 0.0248. The number of carbonyl (C=O) groups excluding carboxylic acids is 2. The molecule has 2 aliphatic rings. The monoisotopic (exact) mass is 351 g/mol. The number of benzene rings is 1. The van der Waals surface area contributed by atoms with Gasteiger partial charge >= 0.3 is 0 Å². The predicted molar refractivity (Wildman–Crippen MR) is 95.9 cm³/mol. The van der Waals surface area contributed by atoms with Gasteiger partial charge in [0.2, 0.25) is 11.8 Å². The molecular weight excluding hydrogens is 326 g/mol. The van der Waals surface area contributed by atoms with Crippen molar-refractivity contribution >= 4 is 24.2 Å². The molecule has 3 rings (SSSR count). The maximum absolute atomic E-state index is 12.8. The molecule has 1 aromatic rings. The second-order valence-electron chi connectivity index (χ2n) is 6.68. The number of hydrogen-bond acceptors (Lipinski definition) is 3. The molecule has 0 saturated carbocycles. The summed E-state index contributed by atoms with van der Waals surface area (Å²) in [4.78, 5) is 28.8. The summed E-state index contributed by atoms with van der Waals surface area (Å²) in [5, 5.41) is 3.39. The topological polar surface area (TPSA) is 52.7 Å². The molecule has 6 heteroatoms. The Morgan fingerprint density at radius 1 is 1.25 bits per heavy atom. The number of halogens is 1. The van der Waals surface area contributed by atoms with Gasteiger partial charge in [-0.2, -0.15) is 0 Å². The molecule has 2 amide bonds. The van der Waals surface area contributed by atoms with Crippen LogP contribution in [0.5, 0.6) is 0 Å². The van der Waals surface area contributed by atoms with Crippen LogP contribution in [0.15, 0.2) is 30.3 Å². The van der Waals surface area contributed by atoms with Crippen molar-refractivity contribution < 1.29 is 9.59 Å². The standard InChI is InChI=1S/C18H25N3O2.ClH/c1-13-14(2)21(9-8-19-13)18(23)16-10-17(22)20(12-16)11-15-6-4-3-5-7-15;/h3-7,13-14,16,19H,8-12H2,1-2H3;1H. The van der Waals surface area contributed by atoms with Crippen LogP contribution in [0, 0.1) is 5.92 Å². The molecule has 0 aromatic heterocycles. The molecule has 0 radical (unpaired) electrons. The Labute approximate surface area is 149 Å². The number of likely N-dealkylation sites (tertiary alicyclic amines) is 1. The van der Waals surface area contributed by atoms with Crippen LogP contribution >= 0.6 is 12.4 Å². The summed E-state index contributed by atoms with van der Waals surface area (Å²) in [6.07, 6.45) is 0.344. The molecule has 2 heterocycles. The third-order valence-corrected chi connectivity index (χ3v) is 5.10. The molecule has 0 bridgehead atoms. The van der Waals surface area contributed by atoms with Gasteiger partial charge in [-0.25, -0.2) is 0 Å². The molecule has 2 fully saturated rings. The summed E-state index contributed by atoms with van der Waals surface area (Å²) in [5.41, 5.74) is 1.11. The summed E-state index contributed by atoms with van der Waals surface area (Å²) >= 11 is 0. The lowest BCUT2D eigenvalue weighted by Gasteiger charge is -2.39. The fraction of sp³-hybridized carbons (Fsp3) is 0.556. The maximum atomic E-state index is 12.8. The molecule has 24 heavy (non-hydrogen) atoms. The number of hydrogen-bond donors (Lipinski definition) is 1. The van der Waals surface area contributed by atoms with E-state index in [1.807, 2.05) is 40.1 Å². The lowest BCUT2D eigenvalue weighted by atomic mass is 10.0. The highest BCUT2D eigenvalue weighted by atomic mass is 35.5. The van der Waals surface area contributed by atoms with Crippen LogP contribution in [0.4, 0.5) is 0 Å². The third-order valence-electron chi connectivity index (χ3n) is 5.10. The van der Waals surface area contributed by atoms with Crippen molar-refractivity contribution in [3.8, 4) is 0 Å². The van der Waals surface area contributed by atoms with E-state index >= 15 is 0 Å². The third kappa shape index (κ3) is 3.90. The van der Waals surface area contributed by atoms with E-state index in [4.69, 9.17) is 0 Å². The van der Waals surface area contributed by atoms with E-state index in [0.29, 0.717) is 25.6 Å². The van der Waals surface area contributed by atoms with Crippen LogP contribution < -0.4 is 5.32 Å². The predicted octanol–water partition coefficient (Wildman–Crippen LogP) is 1.67. The van der Waals surface area contributed by atoms with Crippen LogP contribution in [-0.2, 0) is 16.1 Å². The Morgan fingerprint density at radius 2 is 1.96 bits per heavy atom. The average molecular weight is 352 g/mol. The fourth-order valence-corrected chi connectivity index (χ4v) is 3.50. The highest BCUT2D eigenvalue weighted by molar-refractivity contribution is 5.89. The van der Waals surface area contributed by atoms with Crippen LogP contribution in [0.2, 0.25) is 0 Å². The number of nitrogens with zero attached hydrogens (tertiary/aromatic N) is 2. The highest BCUT2D eigenvalue weighted by Crippen LogP contribution is 2.24. The van der Waals surface area contributed by atoms with Gasteiger partial charge in [0.05, 0.1) is 5.92 Å². The van der Waals surface area contributed by atoms with Crippen LogP contribution in [0.3, 0.4) is 0 Å². The van der Waals surface area contributed by atoms with Crippen molar-refractivity contribution in [1.82, 2.24) is 15.1 Å². The van der Waals surface area contributed by atoms with Gasteiger partial charge in [0.15, 0.2) is 0 Å². The molecule has 3 atom stereocenters. The normalized spacial score (nSPS) is 27.1. The van der Waals surface area contributed by atoms with E-state index < -0.39 is 0 Å². The largest absolute Gasteiger partial charge is 0.338 e. The van der Waals surface area contributed by atoms with Gasteiger partial charge in [0, 0.05) is 44.7 Å². The summed E-state index contributed by atoms with van der Waals surface area (Å²) < 4.78 is 0. The number of nitrogens with one attached hydrogen (secondary N) is 1. The van der Waals surface area contributed by atoms with Crippen LogP contribution in [-0.4, -0.2) is 53.3 Å². The molecule has 3 unspecified atom stereocenters. The molecule has 5 nitrogen and oxygen atoms in total. The zero-order valence-corrected chi connectivity index (χ0v) is 15.1. The fourth-order valence-electron chi connectivity index (χ4n) is 3.50. The Balaban J connectivity index is 0.00000208. The van der Waals surface area contributed by atoms with Crippen molar-refractivity contribution in [2.24, 2.45) is 5.92 Å². The number of amides is 2. The van der Waals surface area contributed by atoms with Crippen molar-refractivity contribution in [2.75, 3.05) is 19.6 Å². The molecule has 2 saturated heterocycles. The Hall–Kier alpha value is -1.59. The second kappa shape index (κ2) is 7.99. The Morgan fingerprint density at radius 3 is 2.67 bits per heavy atom. The maximum Gasteiger partial charge on any atom is 0.228 e. The molecule has 132 valence electrons. The van der Waals surface area contributed by atoms with Crippen LogP contribution in [0.25, 0.3) is 0 Å². The van der Waals surface area contributed by atoms with Gasteiger partial charge < -0.3 is 15.1 Å². The Bertz CT molecular complexity index is 581. The van der Waals surface area contributed by atoms with E-state index in [-0.39, 0.29) is 36.2 Å². The number of carbonyl (C=O) groups is 2. The van der Waals surface area contributed by atoms with E-state index in [1.165, 1.54) is 0 Å². The zero-order chi connectivity index (χ0) is 16.4. The minimum Gasteiger partial charge on any atom is -0.338 e. The smallest absolute Gasteiger partial charge is 0.228 e. The van der Waals surface area contributed by atoms with Crippen LogP contribution in [0.1, 0.15) is 25.8 Å². The van der Waals surface area contributed by atoms with Crippen molar-refractivity contribution in [3.05, 3.63) is 35.9 Å². The molecule has 1 aromatic carbocycles. The highest BCUT2D eigenvalue weighted by Gasteiger charge is 2.39. The molecule has 0 aliphatic carbocycles. The van der Waals surface area contributed by atoms with Gasteiger partial charge in [-0.15, -0.1) is 12.4 Å². The molecular formula is C18H26ClN3O2. The summed E-state index contributed by atoms with van der Waals surface area (Å²) in [7, 11) is 0. The lowest BCUT2D eigenvalue weighted by molar-refractivity contribution is -0.139. The van der Waals surface area contributed by atoms with Gasteiger partial charge in [0.1, 0.15) is 0 Å². The first-order chi connectivity index (χ1) is 11.1. The quantitative estimate of drug-likeness (QED) is 0.901. The number of piperazine rings is 1. The van der Waals surface area contributed by atoms with Crippen molar-refractivity contribution in [1.29, 1.82) is 0 Å². The van der Waals surface area contributed by atoms with Gasteiger partial charge in [-0.3, -0.25) is 9.59 Å². The average Bonchev–Trinajstić information content (AvgIpc) is 2.91. The second-order valence-corrected chi connectivity index (χ2v) is 6.68.